The van der Waals surface area contributed by atoms with Crippen LogP contribution in [0.5, 0.6) is 0 Å². The molecule has 0 aliphatic heterocycles. The zero-order valence-corrected chi connectivity index (χ0v) is 10.9. The van der Waals surface area contributed by atoms with Crippen LogP contribution in [0, 0.1) is 0 Å². The van der Waals surface area contributed by atoms with Crippen molar-refractivity contribution in [1.29, 1.82) is 0 Å². The smallest absolute Gasteiger partial charge is 0.115 e. The molecule has 2 heterocycles. The molecule has 96 valence electrons. The van der Waals surface area contributed by atoms with E-state index in [-0.39, 0.29) is 6.04 Å². The molecule has 5 nitrogen and oxygen atoms in total. The van der Waals surface area contributed by atoms with Crippen LogP contribution >= 0.6 is 0 Å². The predicted molar refractivity (Wildman–Crippen MR) is 70.1 cm³/mol. The molecule has 0 aliphatic rings. The van der Waals surface area contributed by atoms with Crippen molar-refractivity contribution in [2.24, 2.45) is 0 Å². The van der Waals surface area contributed by atoms with Gasteiger partial charge in [-0.05, 0) is 13.5 Å². The van der Waals surface area contributed by atoms with Crippen LogP contribution in [0.15, 0.2) is 31.1 Å². The van der Waals surface area contributed by atoms with E-state index >= 15 is 0 Å². The summed E-state index contributed by atoms with van der Waals surface area (Å²) in [5.74, 6) is 1.09. The molecule has 0 fully saturated rings. The topological polar surface area (TPSA) is 55.6 Å². The van der Waals surface area contributed by atoms with Crippen molar-refractivity contribution in [2.45, 2.75) is 32.9 Å². The van der Waals surface area contributed by atoms with Gasteiger partial charge in [0.25, 0.3) is 0 Å². The average molecular weight is 245 g/mol. The van der Waals surface area contributed by atoms with Crippen molar-refractivity contribution < 1.29 is 0 Å². The summed E-state index contributed by atoms with van der Waals surface area (Å²) in [7, 11) is 0. The second-order valence-corrected chi connectivity index (χ2v) is 4.12. The van der Waals surface area contributed by atoms with Crippen LogP contribution < -0.4 is 5.32 Å². The van der Waals surface area contributed by atoms with Crippen molar-refractivity contribution in [3.05, 3.63) is 42.5 Å². The summed E-state index contributed by atoms with van der Waals surface area (Å²) in [4.78, 5) is 12.6. The van der Waals surface area contributed by atoms with E-state index in [1.54, 1.807) is 6.33 Å². The summed E-state index contributed by atoms with van der Waals surface area (Å²) in [5.41, 5.74) is 1.10. The quantitative estimate of drug-likeness (QED) is 0.839. The zero-order valence-electron chi connectivity index (χ0n) is 10.9. The molecule has 2 rings (SSSR count). The molecule has 5 heteroatoms. The minimum atomic E-state index is 0.212. The molecule has 0 saturated heterocycles. The van der Waals surface area contributed by atoms with E-state index in [0.29, 0.717) is 0 Å². The number of aryl methyl sites for hydroxylation is 1. The van der Waals surface area contributed by atoms with Gasteiger partial charge in [0.05, 0.1) is 0 Å². The van der Waals surface area contributed by atoms with E-state index < -0.39 is 0 Å². The van der Waals surface area contributed by atoms with Gasteiger partial charge in [0.15, 0.2) is 0 Å². The third-order valence-corrected chi connectivity index (χ3v) is 2.96. The van der Waals surface area contributed by atoms with Crippen molar-refractivity contribution in [2.75, 3.05) is 6.54 Å². The number of rotatable bonds is 6. The van der Waals surface area contributed by atoms with E-state index in [1.807, 2.05) is 24.8 Å². The highest BCUT2D eigenvalue weighted by Gasteiger charge is 2.14. The lowest BCUT2D eigenvalue weighted by molar-refractivity contribution is 0.519. The Bertz CT molecular complexity index is 465. The lowest BCUT2D eigenvalue weighted by atomic mass is 10.1. The Hall–Kier alpha value is -1.75. The van der Waals surface area contributed by atoms with Crippen LogP contribution in [-0.4, -0.2) is 26.1 Å². The van der Waals surface area contributed by atoms with E-state index in [2.05, 4.69) is 38.7 Å². The number of likely N-dealkylation sites (N-methyl/N-ethyl adjacent to an activating group) is 1. The number of nitrogens with zero attached hydrogens (tertiary/aromatic N) is 4. The Morgan fingerprint density at radius 2 is 2.06 bits per heavy atom. The summed E-state index contributed by atoms with van der Waals surface area (Å²) in [5, 5.41) is 3.46. The van der Waals surface area contributed by atoms with Gasteiger partial charge in [-0.25, -0.2) is 15.0 Å². The SMILES string of the molecule is CCNC(Cc1nccn1CC)c1cncnc1. The van der Waals surface area contributed by atoms with Gasteiger partial charge in [-0.3, -0.25) is 0 Å². The number of aromatic nitrogens is 4. The fraction of sp³-hybridized carbons (Fsp3) is 0.462. The van der Waals surface area contributed by atoms with Crippen LogP contribution in [0.3, 0.4) is 0 Å². The molecule has 1 atom stereocenters. The second-order valence-electron chi connectivity index (χ2n) is 4.12. The molecule has 1 unspecified atom stereocenters. The van der Waals surface area contributed by atoms with Crippen LogP contribution in [0.1, 0.15) is 31.3 Å². The lowest BCUT2D eigenvalue weighted by Gasteiger charge is -2.17. The van der Waals surface area contributed by atoms with Crippen LogP contribution in [0.25, 0.3) is 0 Å². The second kappa shape index (κ2) is 6.26. The van der Waals surface area contributed by atoms with E-state index in [4.69, 9.17) is 0 Å². The number of hydrogen-bond donors (Lipinski definition) is 1. The monoisotopic (exact) mass is 245 g/mol. The standard InChI is InChI=1S/C13H19N5/c1-3-16-12(11-8-14-10-15-9-11)7-13-17-5-6-18(13)4-2/h5-6,8-10,12,16H,3-4,7H2,1-2H3. The first-order chi connectivity index (χ1) is 8.85. The zero-order chi connectivity index (χ0) is 12.8. The van der Waals surface area contributed by atoms with Crippen molar-refractivity contribution >= 4 is 0 Å². The molecule has 1 N–H and O–H groups in total. The molecule has 0 amide bonds. The van der Waals surface area contributed by atoms with E-state index in [1.165, 1.54) is 0 Å². The third-order valence-electron chi connectivity index (χ3n) is 2.96. The molecule has 0 radical (unpaired) electrons. The molecule has 0 bridgehead atoms. The molecular weight excluding hydrogens is 226 g/mol. The molecule has 0 spiro atoms. The molecule has 0 aliphatic carbocycles. The van der Waals surface area contributed by atoms with Crippen molar-refractivity contribution in [3.63, 3.8) is 0 Å². The Labute approximate surface area is 107 Å². The Kier molecular flexibility index (Phi) is 4.41. The van der Waals surface area contributed by atoms with Crippen LogP contribution in [0.4, 0.5) is 0 Å². The van der Waals surface area contributed by atoms with Gasteiger partial charge in [0.1, 0.15) is 12.2 Å². The van der Waals surface area contributed by atoms with Crippen LogP contribution in [-0.2, 0) is 13.0 Å². The van der Waals surface area contributed by atoms with Crippen molar-refractivity contribution in [3.8, 4) is 0 Å². The molecule has 2 aromatic rings. The maximum absolute atomic E-state index is 4.42. The minimum absolute atomic E-state index is 0.212. The minimum Gasteiger partial charge on any atom is -0.335 e. The van der Waals surface area contributed by atoms with Gasteiger partial charge in [0, 0.05) is 49.4 Å². The first-order valence-electron chi connectivity index (χ1n) is 6.33. The Morgan fingerprint density at radius 3 is 2.72 bits per heavy atom. The molecule has 2 aromatic heterocycles. The number of hydrogen-bond acceptors (Lipinski definition) is 4. The fourth-order valence-corrected chi connectivity index (χ4v) is 2.05. The predicted octanol–water partition coefficient (Wildman–Crippen LogP) is 1.59. The maximum atomic E-state index is 4.42. The highest BCUT2D eigenvalue weighted by Crippen LogP contribution is 2.16. The van der Waals surface area contributed by atoms with Gasteiger partial charge in [-0.1, -0.05) is 6.92 Å². The van der Waals surface area contributed by atoms with Crippen molar-refractivity contribution in [1.82, 2.24) is 24.8 Å². The summed E-state index contributed by atoms with van der Waals surface area (Å²) < 4.78 is 2.16. The van der Waals surface area contributed by atoms with Gasteiger partial charge >= 0.3 is 0 Å². The van der Waals surface area contributed by atoms with Gasteiger partial charge in [-0.15, -0.1) is 0 Å². The fourth-order valence-electron chi connectivity index (χ4n) is 2.05. The summed E-state index contributed by atoms with van der Waals surface area (Å²) >= 11 is 0. The normalized spacial score (nSPS) is 12.6. The van der Waals surface area contributed by atoms with Gasteiger partial charge < -0.3 is 9.88 Å². The molecule has 18 heavy (non-hydrogen) atoms. The first kappa shape index (κ1) is 12.7. The Balaban J connectivity index is 2.16. The van der Waals surface area contributed by atoms with E-state index in [0.717, 1.165) is 30.9 Å². The first-order valence-corrected chi connectivity index (χ1v) is 6.33. The van der Waals surface area contributed by atoms with Gasteiger partial charge in [-0.2, -0.15) is 0 Å². The van der Waals surface area contributed by atoms with Gasteiger partial charge in [0.2, 0.25) is 0 Å². The highest BCUT2D eigenvalue weighted by molar-refractivity contribution is 5.12. The van der Waals surface area contributed by atoms with Crippen LogP contribution in [0.2, 0.25) is 0 Å². The maximum Gasteiger partial charge on any atom is 0.115 e. The molecular formula is C13H19N5. The summed E-state index contributed by atoms with van der Waals surface area (Å²) in [6.07, 6.45) is 9.99. The average Bonchev–Trinajstić information content (AvgIpc) is 2.86. The third kappa shape index (κ3) is 2.92. The summed E-state index contributed by atoms with van der Waals surface area (Å²) in [6.45, 7) is 6.08. The summed E-state index contributed by atoms with van der Waals surface area (Å²) in [6, 6.07) is 0.212. The Morgan fingerprint density at radius 1 is 1.28 bits per heavy atom. The molecule has 0 aromatic carbocycles. The highest BCUT2D eigenvalue weighted by atomic mass is 15.1. The van der Waals surface area contributed by atoms with E-state index in [9.17, 15) is 0 Å². The number of nitrogens with one attached hydrogen (secondary N) is 1. The molecule has 0 saturated carbocycles. The number of imidazole rings is 1. The largest absolute Gasteiger partial charge is 0.335 e. The lowest BCUT2D eigenvalue weighted by Crippen LogP contribution is -2.24.